The van der Waals surface area contributed by atoms with Crippen molar-refractivity contribution in [1.29, 1.82) is 0 Å². The molecule has 0 unspecified atom stereocenters. The fraction of sp³-hybridized carbons (Fsp3) is 0.235. The van der Waals surface area contributed by atoms with Gasteiger partial charge in [-0.25, -0.2) is 4.39 Å². The molecule has 1 saturated carbocycles. The summed E-state index contributed by atoms with van der Waals surface area (Å²) in [6, 6.07) is 8.19. The number of fused-ring (bicyclic) bond motifs is 1. The maximum absolute atomic E-state index is 14.0. The Labute approximate surface area is 126 Å². The minimum absolute atomic E-state index is 0.254. The molecule has 1 aliphatic rings. The van der Waals surface area contributed by atoms with Crippen LogP contribution in [0.15, 0.2) is 42.7 Å². The SMILES string of the molecule is O=C[C@H](C1CC1)n1ncc2ncc(-c3ccccc3F)cc21. The van der Waals surface area contributed by atoms with Crippen molar-refractivity contribution in [2.75, 3.05) is 0 Å². The summed E-state index contributed by atoms with van der Waals surface area (Å²) in [7, 11) is 0. The molecule has 2 aromatic heterocycles. The number of hydrogen-bond donors (Lipinski definition) is 0. The summed E-state index contributed by atoms with van der Waals surface area (Å²) in [6.07, 6.45) is 6.33. The number of rotatable bonds is 4. The number of aldehydes is 1. The van der Waals surface area contributed by atoms with Crippen molar-refractivity contribution in [3.63, 3.8) is 0 Å². The van der Waals surface area contributed by atoms with Gasteiger partial charge in [-0.2, -0.15) is 5.10 Å². The number of aromatic nitrogens is 3. The molecule has 0 saturated heterocycles. The quantitative estimate of drug-likeness (QED) is 0.693. The second-order valence-corrected chi connectivity index (χ2v) is 5.66. The van der Waals surface area contributed by atoms with E-state index in [2.05, 4.69) is 10.1 Å². The molecule has 4 nitrogen and oxygen atoms in total. The summed E-state index contributed by atoms with van der Waals surface area (Å²) >= 11 is 0. The van der Waals surface area contributed by atoms with E-state index in [1.54, 1.807) is 35.3 Å². The van der Waals surface area contributed by atoms with Gasteiger partial charge in [-0.05, 0) is 30.9 Å². The van der Waals surface area contributed by atoms with Crippen molar-refractivity contribution >= 4 is 17.3 Å². The molecule has 110 valence electrons. The maximum Gasteiger partial charge on any atom is 0.144 e. The second kappa shape index (κ2) is 5.02. The van der Waals surface area contributed by atoms with Crippen LogP contribution in [-0.2, 0) is 4.79 Å². The molecule has 0 spiro atoms. The molecule has 1 aliphatic carbocycles. The van der Waals surface area contributed by atoms with E-state index in [-0.39, 0.29) is 11.9 Å². The standard InChI is InChI=1S/C17H14FN3O/c18-14-4-2-1-3-13(14)12-7-16-15(19-8-12)9-20-21(16)17(10-22)11-5-6-11/h1-4,7-11,17H,5-6H2/t17-/m1/s1. The molecule has 1 atom stereocenters. The topological polar surface area (TPSA) is 47.8 Å². The van der Waals surface area contributed by atoms with Crippen molar-refractivity contribution in [1.82, 2.24) is 14.8 Å². The van der Waals surface area contributed by atoms with Crippen molar-refractivity contribution in [3.8, 4) is 11.1 Å². The third-order valence-corrected chi connectivity index (χ3v) is 4.16. The van der Waals surface area contributed by atoms with Crippen LogP contribution in [0.4, 0.5) is 4.39 Å². The molecule has 2 heterocycles. The van der Waals surface area contributed by atoms with Crippen LogP contribution in [-0.4, -0.2) is 21.1 Å². The highest BCUT2D eigenvalue weighted by Gasteiger charge is 2.33. The van der Waals surface area contributed by atoms with Crippen LogP contribution >= 0.6 is 0 Å². The van der Waals surface area contributed by atoms with E-state index in [1.165, 1.54) is 6.07 Å². The molecule has 0 N–H and O–H groups in total. The number of carbonyl (C=O) groups is 1. The van der Waals surface area contributed by atoms with E-state index in [4.69, 9.17) is 0 Å². The number of benzene rings is 1. The van der Waals surface area contributed by atoms with Crippen molar-refractivity contribution in [2.24, 2.45) is 5.92 Å². The van der Waals surface area contributed by atoms with Crippen LogP contribution in [0.1, 0.15) is 18.9 Å². The number of carbonyl (C=O) groups excluding carboxylic acids is 1. The molecule has 1 aromatic carbocycles. The van der Waals surface area contributed by atoms with Gasteiger partial charge in [0.15, 0.2) is 0 Å². The van der Waals surface area contributed by atoms with Crippen LogP contribution < -0.4 is 0 Å². The summed E-state index contributed by atoms with van der Waals surface area (Å²) in [6.45, 7) is 0. The van der Waals surface area contributed by atoms with E-state index < -0.39 is 0 Å². The first-order valence-corrected chi connectivity index (χ1v) is 7.31. The Kier molecular flexibility index (Phi) is 2.99. The van der Waals surface area contributed by atoms with Gasteiger partial charge in [0.1, 0.15) is 23.7 Å². The zero-order valence-corrected chi connectivity index (χ0v) is 11.8. The zero-order valence-electron chi connectivity index (χ0n) is 11.8. The number of halogens is 1. The third-order valence-electron chi connectivity index (χ3n) is 4.16. The monoisotopic (exact) mass is 295 g/mol. The molecular weight excluding hydrogens is 281 g/mol. The Morgan fingerprint density at radius 2 is 2.09 bits per heavy atom. The van der Waals surface area contributed by atoms with Gasteiger partial charge in [0.05, 0.1) is 11.7 Å². The lowest BCUT2D eigenvalue weighted by atomic mass is 10.1. The zero-order chi connectivity index (χ0) is 15.1. The lowest BCUT2D eigenvalue weighted by Crippen LogP contribution is -2.13. The van der Waals surface area contributed by atoms with Gasteiger partial charge in [0, 0.05) is 17.3 Å². The third kappa shape index (κ3) is 2.09. The van der Waals surface area contributed by atoms with Crippen molar-refractivity contribution in [3.05, 3.63) is 48.5 Å². The molecule has 3 aromatic rings. The number of pyridine rings is 1. The van der Waals surface area contributed by atoms with Gasteiger partial charge in [-0.1, -0.05) is 18.2 Å². The van der Waals surface area contributed by atoms with Crippen LogP contribution in [0.5, 0.6) is 0 Å². The molecule has 0 bridgehead atoms. The van der Waals surface area contributed by atoms with E-state index in [0.717, 1.165) is 24.6 Å². The van der Waals surface area contributed by atoms with E-state index >= 15 is 0 Å². The van der Waals surface area contributed by atoms with E-state index in [0.29, 0.717) is 22.6 Å². The molecule has 0 aliphatic heterocycles. The molecular formula is C17H14FN3O. The largest absolute Gasteiger partial charge is 0.301 e. The number of hydrogen-bond acceptors (Lipinski definition) is 3. The first kappa shape index (κ1) is 13.1. The Morgan fingerprint density at radius 3 is 2.82 bits per heavy atom. The fourth-order valence-electron chi connectivity index (χ4n) is 2.81. The van der Waals surface area contributed by atoms with Gasteiger partial charge in [-0.15, -0.1) is 0 Å². The summed E-state index contributed by atoms with van der Waals surface area (Å²) in [4.78, 5) is 15.7. The Hall–Kier alpha value is -2.56. The van der Waals surface area contributed by atoms with Crippen molar-refractivity contribution in [2.45, 2.75) is 18.9 Å². The second-order valence-electron chi connectivity index (χ2n) is 5.66. The summed E-state index contributed by atoms with van der Waals surface area (Å²) in [5.74, 6) is 0.0709. The number of nitrogens with zero attached hydrogens (tertiary/aromatic N) is 3. The predicted molar refractivity (Wildman–Crippen MR) is 80.7 cm³/mol. The van der Waals surface area contributed by atoms with E-state index in [1.807, 2.05) is 6.07 Å². The van der Waals surface area contributed by atoms with Gasteiger partial charge in [-0.3, -0.25) is 9.67 Å². The predicted octanol–water partition coefficient (Wildman–Crippen LogP) is 3.39. The fourth-order valence-corrected chi connectivity index (χ4v) is 2.81. The molecule has 22 heavy (non-hydrogen) atoms. The van der Waals surface area contributed by atoms with Crippen molar-refractivity contribution < 1.29 is 9.18 Å². The molecule has 0 radical (unpaired) electrons. The van der Waals surface area contributed by atoms with Gasteiger partial charge >= 0.3 is 0 Å². The first-order chi connectivity index (χ1) is 10.8. The molecule has 0 amide bonds. The summed E-state index contributed by atoms with van der Waals surface area (Å²) < 4.78 is 15.7. The highest BCUT2D eigenvalue weighted by Crippen LogP contribution is 2.39. The van der Waals surface area contributed by atoms with Crippen LogP contribution in [0.3, 0.4) is 0 Å². The first-order valence-electron chi connectivity index (χ1n) is 7.31. The average Bonchev–Trinajstić information content (AvgIpc) is 3.29. The van der Waals surface area contributed by atoms with Crippen LogP contribution in [0, 0.1) is 11.7 Å². The van der Waals surface area contributed by atoms with Crippen LogP contribution in [0.25, 0.3) is 22.2 Å². The maximum atomic E-state index is 14.0. The molecule has 4 rings (SSSR count). The molecule has 1 fully saturated rings. The summed E-state index contributed by atoms with van der Waals surface area (Å²) in [5, 5.41) is 4.31. The lowest BCUT2D eigenvalue weighted by molar-refractivity contribution is -0.111. The lowest BCUT2D eigenvalue weighted by Gasteiger charge is -2.11. The average molecular weight is 295 g/mol. The highest BCUT2D eigenvalue weighted by molar-refractivity contribution is 5.81. The van der Waals surface area contributed by atoms with Gasteiger partial charge in [0.25, 0.3) is 0 Å². The minimum Gasteiger partial charge on any atom is -0.301 e. The smallest absolute Gasteiger partial charge is 0.144 e. The van der Waals surface area contributed by atoms with Gasteiger partial charge in [0.2, 0.25) is 0 Å². The minimum atomic E-state index is -0.288. The Balaban J connectivity index is 1.86. The summed E-state index contributed by atoms with van der Waals surface area (Å²) in [5.41, 5.74) is 2.67. The van der Waals surface area contributed by atoms with Crippen LogP contribution in [0.2, 0.25) is 0 Å². The van der Waals surface area contributed by atoms with E-state index in [9.17, 15) is 9.18 Å². The normalized spacial score (nSPS) is 15.9. The Morgan fingerprint density at radius 1 is 1.27 bits per heavy atom. The highest BCUT2D eigenvalue weighted by atomic mass is 19.1. The molecule has 5 heteroatoms. The Bertz CT molecular complexity index is 854. The van der Waals surface area contributed by atoms with Gasteiger partial charge < -0.3 is 4.79 Å².